The molecule has 1 aromatic rings. The fraction of sp³-hybridized carbons (Fsp3) is 0.636. The van der Waals surface area contributed by atoms with Crippen molar-refractivity contribution in [2.75, 3.05) is 6.61 Å². The van der Waals surface area contributed by atoms with Gasteiger partial charge in [-0.3, -0.25) is 9.89 Å². The molecular formula is C11H17N3O2. The Balaban J connectivity index is 1.89. The first kappa shape index (κ1) is 11.1. The molecule has 0 aromatic carbocycles. The van der Waals surface area contributed by atoms with Crippen LogP contribution in [0.2, 0.25) is 0 Å². The van der Waals surface area contributed by atoms with Crippen LogP contribution >= 0.6 is 0 Å². The number of H-pyrrole nitrogens is 1. The summed E-state index contributed by atoms with van der Waals surface area (Å²) in [6, 6.07) is 0. The molecule has 1 aromatic heterocycles. The van der Waals surface area contributed by atoms with Crippen LogP contribution in [0, 0.1) is 13.8 Å². The number of ether oxygens (including phenoxy) is 1. The van der Waals surface area contributed by atoms with Crippen LogP contribution in [0.25, 0.3) is 0 Å². The zero-order valence-electron chi connectivity index (χ0n) is 9.67. The van der Waals surface area contributed by atoms with E-state index in [0.29, 0.717) is 13.2 Å². The lowest BCUT2D eigenvalue weighted by molar-refractivity contribution is -0.130. The van der Waals surface area contributed by atoms with Crippen LogP contribution in [0.4, 0.5) is 0 Å². The summed E-state index contributed by atoms with van der Waals surface area (Å²) in [6.45, 7) is 5.10. The van der Waals surface area contributed by atoms with Crippen LogP contribution in [-0.2, 0) is 16.1 Å². The van der Waals surface area contributed by atoms with E-state index in [1.54, 1.807) is 0 Å². The first-order valence-corrected chi connectivity index (χ1v) is 5.58. The lowest BCUT2D eigenvalue weighted by atomic mass is 10.2. The Hall–Kier alpha value is -1.36. The van der Waals surface area contributed by atoms with Crippen LogP contribution in [0.15, 0.2) is 0 Å². The number of carbonyl (C=O) groups excluding carboxylic acids is 1. The van der Waals surface area contributed by atoms with Crippen molar-refractivity contribution < 1.29 is 9.53 Å². The number of carbonyl (C=O) groups is 1. The van der Waals surface area contributed by atoms with E-state index < -0.39 is 0 Å². The molecule has 5 nitrogen and oxygen atoms in total. The van der Waals surface area contributed by atoms with Crippen molar-refractivity contribution in [3.8, 4) is 0 Å². The molecule has 0 spiro atoms. The van der Waals surface area contributed by atoms with Crippen molar-refractivity contribution in [2.24, 2.45) is 0 Å². The van der Waals surface area contributed by atoms with Crippen molar-refractivity contribution in [1.82, 2.24) is 15.5 Å². The predicted octanol–water partition coefficient (Wildman–Crippen LogP) is 0.822. The van der Waals surface area contributed by atoms with Crippen LogP contribution in [0.3, 0.4) is 0 Å². The summed E-state index contributed by atoms with van der Waals surface area (Å²) >= 11 is 0. The molecule has 1 fully saturated rings. The van der Waals surface area contributed by atoms with Gasteiger partial charge in [-0.25, -0.2) is 0 Å². The zero-order valence-corrected chi connectivity index (χ0v) is 9.67. The van der Waals surface area contributed by atoms with Crippen molar-refractivity contribution in [2.45, 2.75) is 39.3 Å². The summed E-state index contributed by atoms with van der Waals surface area (Å²) in [5.74, 6) is -0.0162. The van der Waals surface area contributed by atoms with E-state index in [9.17, 15) is 4.79 Å². The molecular weight excluding hydrogens is 206 g/mol. The minimum Gasteiger partial charge on any atom is -0.368 e. The minimum absolute atomic E-state index is 0.0162. The molecule has 1 saturated heterocycles. The van der Waals surface area contributed by atoms with Crippen LogP contribution < -0.4 is 5.32 Å². The summed E-state index contributed by atoms with van der Waals surface area (Å²) in [6.07, 6.45) is 1.55. The van der Waals surface area contributed by atoms with E-state index in [4.69, 9.17) is 4.74 Å². The second-order valence-electron chi connectivity index (χ2n) is 4.13. The first-order chi connectivity index (χ1) is 7.68. The van der Waals surface area contributed by atoms with Gasteiger partial charge in [0.1, 0.15) is 6.10 Å². The van der Waals surface area contributed by atoms with Crippen molar-refractivity contribution in [1.29, 1.82) is 0 Å². The number of rotatable bonds is 3. The summed E-state index contributed by atoms with van der Waals surface area (Å²) in [4.78, 5) is 11.7. The highest BCUT2D eigenvalue weighted by atomic mass is 16.5. The van der Waals surface area contributed by atoms with Gasteiger partial charge < -0.3 is 10.1 Å². The number of nitrogens with one attached hydrogen (secondary N) is 2. The van der Waals surface area contributed by atoms with Crippen molar-refractivity contribution in [3.05, 3.63) is 17.0 Å². The Kier molecular flexibility index (Phi) is 3.24. The molecule has 2 rings (SSSR count). The number of aromatic nitrogens is 2. The van der Waals surface area contributed by atoms with Crippen LogP contribution in [0.1, 0.15) is 29.8 Å². The van der Waals surface area contributed by atoms with E-state index in [-0.39, 0.29) is 12.0 Å². The fourth-order valence-corrected chi connectivity index (χ4v) is 1.91. The average Bonchev–Trinajstić information content (AvgIpc) is 2.87. The highest BCUT2D eigenvalue weighted by Crippen LogP contribution is 2.13. The molecule has 5 heteroatoms. The molecule has 2 N–H and O–H groups in total. The van der Waals surface area contributed by atoms with Gasteiger partial charge in [0, 0.05) is 24.4 Å². The summed E-state index contributed by atoms with van der Waals surface area (Å²) in [5, 5.41) is 9.87. The van der Waals surface area contributed by atoms with Gasteiger partial charge in [0.25, 0.3) is 0 Å². The lowest BCUT2D eigenvalue weighted by Gasteiger charge is -2.10. The zero-order chi connectivity index (χ0) is 11.5. The lowest BCUT2D eigenvalue weighted by Crippen LogP contribution is -2.33. The van der Waals surface area contributed by atoms with E-state index in [0.717, 1.165) is 29.8 Å². The molecule has 1 amide bonds. The molecule has 0 bridgehead atoms. The van der Waals surface area contributed by atoms with E-state index in [1.165, 1.54) is 0 Å². The largest absolute Gasteiger partial charge is 0.368 e. The average molecular weight is 223 g/mol. The quantitative estimate of drug-likeness (QED) is 0.797. The van der Waals surface area contributed by atoms with Crippen molar-refractivity contribution in [3.63, 3.8) is 0 Å². The molecule has 16 heavy (non-hydrogen) atoms. The van der Waals surface area contributed by atoms with Gasteiger partial charge in [-0.2, -0.15) is 5.10 Å². The normalized spacial score (nSPS) is 20.0. The highest BCUT2D eigenvalue weighted by molar-refractivity contribution is 5.80. The van der Waals surface area contributed by atoms with E-state index in [1.807, 2.05) is 13.8 Å². The van der Waals surface area contributed by atoms with Gasteiger partial charge >= 0.3 is 0 Å². The number of nitrogens with zero attached hydrogens (tertiary/aromatic N) is 1. The summed E-state index contributed by atoms with van der Waals surface area (Å²) < 4.78 is 5.31. The van der Waals surface area contributed by atoms with Gasteiger partial charge in [0.05, 0.1) is 5.69 Å². The second kappa shape index (κ2) is 4.65. The van der Waals surface area contributed by atoms with Gasteiger partial charge in [0.15, 0.2) is 0 Å². The summed E-state index contributed by atoms with van der Waals surface area (Å²) in [5.41, 5.74) is 3.00. The maximum atomic E-state index is 11.7. The Morgan fingerprint density at radius 2 is 2.44 bits per heavy atom. The Morgan fingerprint density at radius 3 is 3.00 bits per heavy atom. The smallest absolute Gasteiger partial charge is 0.249 e. The Labute approximate surface area is 94.6 Å². The number of hydrogen-bond donors (Lipinski definition) is 2. The first-order valence-electron chi connectivity index (χ1n) is 5.58. The third-order valence-corrected chi connectivity index (χ3v) is 2.94. The van der Waals surface area contributed by atoms with Gasteiger partial charge in [-0.1, -0.05) is 0 Å². The molecule has 2 heterocycles. The topological polar surface area (TPSA) is 67.0 Å². The maximum absolute atomic E-state index is 11.7. The third kappa shape index (κ3) is 2.24. The van der Waals surface area contributed by atoms with Crippen molar-refractivity contribution >= 4 is 5.91 Å². The number of amides is 1. The predicted molar refractivity (Wildman–Crippen MR) is 58.9 cm³/mol. The minimum atomic E-state index is -0.257. The molecule has 1 atom stereocenters. The molecule has 0 aliphatic carbocycles. The molecule has 88 valence electrons. The molecule has 1 aliphatic rings. The van der Waals surface area contributed by atoms with Gasteiger partial charge in [-0.15, -0.1) is 0 Å². The fourth-order valence-electron chi connectivity index (χ4n) is 1.91. The van der Waals surface area contributed by atoms with E-state index >= 15 is 0 Å². The Bertz CT molecular complexity index is 361. The molecule has 1 aliphatic heterocycles. The second-order valence-corrected chi connectivity index (χ2v) is 4.13. The van der Waals surface area contributed by atoms with Crippen LogP contribution in [-0.4, -0.2) is 28.8 Å². The molecule has 0 saturated carbocycles. The summed E-state index contributed by atoms with van der Waals surface area (Å²) in [7, 11) is 0. The number of hydrogen-bond acceptors (Lipinski definition) is 3. The monoisotopic (exact) mass is 223 g/mol. The molecule has 0 radical (unpaired) electrons. The standard InChI is InChI=1S/C11H17N3O2/c1-7-9(8(2)14-13-7)6-12-11(15)10-4-3-5-16-10/h10H,3-6H2,1-2H3,(H,12,15)(H,13,14). The SMILES string of the molecule is Cc1n[nH]c(C)c1CNC(=O)C1CCCO1. The number of aryl methyl sites for hydroxylation is 2. The van der Waals surface area contributed by atoms with Gasteiger partial charge in [0.2, 0.25) is 5.91 Å². The highest BCUT2D eigenvalue weighted by Gasteiger charge is 2.23. The van der Waals surface area contributed by atoms with Crippen LogP contribution in [0.5, 0.6) is 0 Å². The Morgan fingerprint density at radius 1 is 1.62 bits per heavy atom. The van der Waals surface area contributed by atoms with Gasteiger partial charge in [-0.05, 0) is 26.7 Å². The maximum Gasteiger partial charge on any atom is 0.249 e. The number of aromatic amines is 1. The van der Waals surface area contributed by atoms with E-state index in [2.05, 4.69) is 15.5 Å². The third-order valence-electron chi connectivity index (χ3n) is 2.94. The molecule has 1 unspecified atom stereocenters.